The molecular formula is C18H15F3N4O3S. The molecule has 1 N–H and O–H groups in total. The fourth-order valence-corrected chi connectivity index (χ4v) is 3.33. The monoisotopic (exact) mass is 424 g/mol. The molecule has 4 amide bonds. The highest BCUT2D eigenvalue weighted by Crippen LogP contribution is 2.37. The highest BCUT2D eigenvalue weighted by atomic mass is 32.2. The van der Waals surface area contributed by atoms with Crippen LogP contribution in [0, 0.1) is 0 Å². The van der Waals surface area contributed by atoms with Gasteiger partial charge in [-0.3, -0.25) is 14.6 Å². The second kappa shape index (κ2) is 8.11. The number of halogens is 3. The lowest BCUT2D eigenvalue weighted by molar-refractivity contribution is -0.117. The van der Waals surface area contributed by atoms with E-state index in [4.69, 9.17) is 0 Å². The number of pyridine rings is 1. The topological polar surface area (TPSA) is 82.6 Å². The third-order valence-electron chi connectivity index (χ3n) is 3.95. The minimum atomic E-state index is -4.42. The maximum Gasteiger partial charge on any atom is 0.446 e. The van der Waals surface area contributed by atoms with Crippen molar-refractivity contribution in [3.63, 3.8) is 0 Å². The Hall–Kier alpha value is -3.08. The van der Waals surface area contributed by atoms with Crippen molar-refractivity contribution in [1.82, 2.24) is 9.88 Å². The van der Waals surface area contributed by atoms with E-state index >= 15 is 0 Å². The molecule has 1 aliphatic heterocycles. The van der Waals surface area contributed by atoms with Crippen LogP contribution in [0.2, 0.25) is 0 Å². The van der Waals surface area contributed by atoms with Crippen molar-refractivity contribution in [3.8, 4) is 0 Å². The van der Waals surface area contributed by atoms with Gasteiger partial charge in [0.2, 0.25) is 5.91 Å². The number of rotatable bonds is 5. The normalized spacial score (nSPS) is 14.5. The molecule has 7 nitrogen and oxygen atoms in total. The highest BCUT2D eigenvalue weighted by Gasteiger charge is 2.37. The fraction of sp³-hybridized carbons (Fsp3) is 0.222. The number of imide groups is 1. The summed E-state index contributed by atoms with van der Waals surface area (Å²) < 4.78 is 37.3. The Morgan fingerprint density at radius 3 is 2.52 bits per heavy atom. The smallest absolute Gasteiger partial charge is 0.325 e. The van der Waals surface area contributed by atoms with Crippen molar-refractivity contribution in [2.75, 3.05) is 16.8 Å². The van der Waals surface area contributed by atoms with Gasteiger partial charge < -0.3 is 10.2 Å². The summed E-state index contributed by atoms with van der Waals surface area (Å²) in [6.45, 7) is 1.20. The fourth-order valence-electron chi connectivity index (χ4n) is 2.79. The van der Waals surface area contributed by atoms with Crippen molar-refractivity contribution in [2.24, 2.45) is 0 Å². The van der Waals surface area contributed by atoms with Gasteiger partial charge in [-0.1, -0.05) is 0 Å². The number of aromatic nitrogens is 1. The summed E-state index contributed by atoms with van der Waals surface area (Å²) in [7, 11) is 0. The molecule has 1 aromatic carbocycles. The molecule has 1 aromatic heterocycles. The summed E-state index contributed by atoms with van der Waals surface area (Å²) in [6.07, 6.45) is 2.94. The van der Waals surface area contributed by atoms with Gasteiger partial charge in [-0.25, -0.2) is 9.69 Å². The number of anilines is 2. The molecule has 152 valence electrons. The SMILES string of the molecule is CC(=O)Nc1cnccc1CN1CC(=O)N(c2ccc(SC(F)(F)F)cc2)C1=O. The van der Waals surface area contributed by atoms with Crippen LogP contribution in [0.4, 0.5) is 29.3 Å². The van der Waals surface area contributed by atoms with Crippen LogP contribution in [0.5, 0.6) is 0 Å². The number of carbonyl (C=O) groups is 3. The van der Waals surface area contributed by atoms with E-state index in [-0.39, 0.29) is 41.3 Å². The van der Waals surface area contributed by atoms with Crippen molar-refractivity contribution in [1.29, 1.82) is 0 Å². The minimum absolute atomic E-state index is 0.0473. The molecular weight excluding hydrogens is 409 g/mol. The lowest BCUT2D eigenvalue weighted by atomic mass is 10.2. The van der Waals surface area contributed by atoms with E-state index in [0.717, 1.165) is 4.90 Å². The third kappa shape index (κ3) is 5.05. The zero-order chi connectivity index (χ0) is 21.2. The summed E-state index contributed by atoms with van der Waals surface area (Å²) in [6, 6.07) is 6.01. The van der Waals surface area contributed by atoms with Crippen LogP contribution in [0.15, 0.2) is 47.6 Å². The van der Waals surface area contributed by atoms with Crippen LogP contribution in [-0.2, 0) is 16.1 Å². The molecule has 0 radical (unpaired) electrons. The molecule has 11 heteroatoms. The largest absolute Gasteiger partial charge is 0.446 e. The molecule has 2 aromatic rings. The van der Waals surface area contributed by atoms with E-state index in [1.165, 1.54) is 48.5 Å². The molecule has 0 bridgehead atoms. The summed E-state index contributed by atoms with van der Waals surface area (Å²) in [5, 5.41) is 2.61. The molecule has 3 rings (SSSR count). The molecule has 2 heterocycles. The van der Waals surface area contributed by atoms with Crippen LogP contribution < -0.4 is 10.2 Å². The Balaban J connectivity index is 1.76. The first-order valence-corrected chi connectivity index (χ1v) is 9.14. The van der Waals surface area contributed by atoms with E-state index in [9.17, 15) is 27.6 Å². The lowest BCUT2D eigenvalue weighted by Gasteiger charge is -2.19. The van der Waals surface area contributed by atoms with Crippen molar-refractivity contribution < 1.29 is 27.6 Å². The van der Waals surface area contributed by atoms with E-state index in [1.54, 1.807) is 6.07 Å². The summed E-state index contributed by atoms with van der Waals surface area (Å²) in [4.78, 5) is 42.5. The molecule has 29 heavy (non-hydrogen) atoms. The number of alkyl halides is 3. The standard InChI is InChI=1S/C18H15F3N4O3S/c1-11(26)23-15-8-22-7-6-12(15)9-24-10-16(27)25(17(24)28)13-2-4-14(5-3-13)29-18(19,20)21/h2-8H,9-10H2,1H3,(H,23,26). The van der Waals surface area contributed by atoms with Gasteiger partial charge in [0.05, 0.1) is 24.1 Å². The van der Waals surface area contributed by atoms with Crippen LogP contribution in [-0.4, -0.2) is 39.8 Å². The predicted molar refractivity (Wildman–Crippen MR) is 100 cm³/mol. The Bertz CT molecular complexity index is 950. The Morgan fingerprint density at radius 2 is 1.90 bits per heavy atom. The number of nitrogens with zero attached hydrogens (tertiary/aromatic N) is 3. The van der Waals surface area contributed by atoms with Crippen molar-refractivity contribution in [3.05, 3.63) is 48.3 Å². The lowest BCUT2D eigenvalue weighted by Crippen LogP contribution is -2.33. The van der Waals surface area contributed by atoms with Gasteiger partial charge in [0.1, 0.15) is 6.54 Å². The number of benzene rings is 1. The molecule has 1 fully saturated rings. The number of urea groups is 1. The van der Waals surface area contributed by atoms with E-state index in [2.05, 4.69) is 10.3 Å². The van der Waals surface area contributed by atoms with Crippen LogP contribution in [0.1, 0.15) is 12.5 Å². The molecule has 0 spiro atoms. The molecule has 0 unspecified atom stereocenters. The number of hydrogen-bond acceptors (Lipinski definition) is 5. The zero-order valence-corrected chi connectivity index (χ0v) is 15.9. The molecule has 1 saturated heterocycles. The molecule has 0 saturated carbocycles. The van der Waals surface area contributed by atoms with Crippen LogP contribution in [0.25, 0.3) is 0 Å². The molecule has 0 aliphatic carbocycles. The van der Waals surface area contributed by atoms with Gasteiger partial charge in [-0.15, -0.1) is 0 Å². The van der Waals surface area contributed by atoms with E-state index in [0.29, 0.717) is 11.3 Å². The number of hydrogen-bond donors (Lipinski definition) is 1. The van der Waals surface area contributed by atoms with Crippen molar-refractivity contribution in [2.45, 2.75) is 23.9 Å². The van der Waals surface area contributed by atoms with E-state index < -0.39 is 17.4 Å². The van der Waals surface area contributed by atoms with Gasteiger partial charge in [0.25, 0.3) is 5.91 Å². The second-order valence-electron chi connectivity index (χ2n) is 6.12. The van der Waals surface area contributed by atoms with Gasteiger partial charge in [-0.2, -0.15) is 13.2 Å². The quantitative estimate of drug-likeness (QED) is 0.586. The average molecular weight is 424 g/mol. The minimum Gasteiger partial charge on any atom is -0.325 e. The average Bonchev–Trinajstić information content (AvgIpc) is 2.89. The number of thioether (sulfide) groups is 1. The maximum atomic E-state index is 12.7. The van der Waals surface area contributed by atoms with Crippen LogP contribution >= 0.6 is 11.8 Å². The first kappa shape index (κ1) is 20.6. The summed E-state index contributed by atoms with van der Waals surface area (Å²) >= 11 is -0.277. The van der Waals surface area contributed by atoms with Gasteiger partial charge >= 0.3 is 11.5 Å². The van der Waals surface area contributed by atoms with Crippen LogP contribution in [0.3, 0.4) is 0 Å². The third-order valence-corrected chi connectivity index (χ3v) is 4.69. The molecule has 0 atom stereocenters. The summed E-state index contributed by atoms with van der Waals surface area (Å²) in [5.74, 6) is -0.803. The van der Waals surface area contributed by atoms with E-state index in [1.807, 2.05) is 0 Å². The second-order valence-corrected chi connectivity index (χ2v) is 7.26. The number of nitrogens with one attached hydrogen (secondary N) is 1. The number of carbonyl (C=O) groups excluding carboxylic acids is 3. The summed E-state index contributed by atoms with van der Waals surface area (Å²) in [5.41, 5.74) is -3.22. The van der Waals surface area contributed by atoms with Gasteiger partial charge in [0, 0.05) is 18.0 Å². The first-order valence-electron chi connectivity index (χ1n) is 8.32. The molecule has 1 aliphatic rings. The zero-order valence-electron chi connectivity index (χ0n) is 15.1. The van der Waals surface area contributed by atoms with Gasteiger partial charge in [0.15, 0.2) is 0 Å². The maximum absolute atomic E-state index is 12.7. The highest BCUT2D eigenvalue weighted by molar-refractivity contribution is 8.00. The Kier molecular flexibility index (Phi) is 5.78. The van der Waals surface area contributed by atoms with Crippen molar-refractivity contribution >= 4 is 41.0 Å². The van der Waals surface area contributed by atoms with Gasteiger partial charge in [-0.05, 0) is 47.7 Å². The predicted octanol–water partition coefficient (Wildman–Crippen LogP) is 3.62. The number of amides is 4. The Morgan fingerprint density at radius 1 is 1.21 bits per heavy atom. The first-order chi connectivity index (χ1) is 13.6. The Labute approximate surface area is 167 Å².